The molecule has 1 rings (SSSR count). The molecule has 0 radical (unpaired) electrons. The van der Waals surface area contributed by atoms with Crippen molar-refractivity contribution in [1.82, 2.24) is 5.32 Å². The van der Waals surface area contributed by atoms with E-state index >= 15 is 0 Å². The molecule has 1 aliphatic heterocycles. The Hall–Kier alpha value is -0.930. The predicted octanol–water partition coefficient (Wildman–Crippen LogP) is 1.93. The van der Waals surface area contributed by atoms with Crippen LogP contribution in [0.4, 0.5) is 8.78 Å². The minimum Gasteiger partial charge on any atom is -0.356 e. The maximum atomic E-state index is 12.0. The van der Waals surface area contributed by atoms with Crippen LogP contribution in [0.2, 0.25) is 0 Å². The number of hydrogen-bond donors (Lipinski definition) is 1. The zero-order chi connectivity index (χ0) is 9.84. The fraction of sp³-hybridized carbons (Fsp3) is 0.667. The van der Waals surface area contributed by atoms with Crippen LogP contribution in [-0.2, 0) is 4.79 Å². The Labute approximate surface area is 76.0 Å². The lowest BCUT2D eigenvalue weighted by atomic mass is 9.89. The molecule has 2 nitrogen and oxygen atoms in total. The Morgan fingerprint density at radius 1 is 1.77 bits per heavy atom. The van der Waals surface area contributed by atoms with Gasteiger partial charge in [-0.3, -0.25) is 4.79 Å². The summed E-state index contributed by atoms with van der Waals surface area (Å²) in [5.41, 5.74) is 0. The molecule has 0 aromatic heterocycles. The quantitative estimate of drug-likeness (QED) is 0.722. The molecule has 0 aliphatic carbocycles. The number of allylic oxidation sites excluding steroid dienone is 1. The largest absolute Gasteiger partial charge is 0.356 e. The monoisotopic (exact) mass is 189 g/mol. The fourth-order valence-corrected chi connectivity index (χ4v) is 1.68. The number of hydrogen-bond acceptors (Lipinski definition) is 1. The second-order valence-electron chi connectivity index (χ2n) is 3.30. The third-order valence-electron chi connectivity index (χ3n) is 2.43. The average molecular weight is 189 g/mol. The average Bonchev–Trinajstić information content (AvgIpc) is 2.47. The van der Waals surface area contributed by atoms with E-state index in [2.05, 4.69) is 5.32 Å². The number of amides is 1. The van der Waals surface area contributed by atoms with Crippen molar-refractivity contribution in [3.05, 3.63) is 12.2 Å². The number of halogens is 2. The molecule has 0 aromatic carbocycles. The summed E-state index contributed by atoms with van der Waals surface area (Å²) in [4.78, 5) is 10.8. The van der Waals surface area contributed by atoms with Crippen LogP contribution >= 0.6 is 0 Å². The molecule has 1 heterocycles. The zero-order valence-corrected chi connectivity index (χ0v) is 7.52. The smallest absolute Gasteiger partial charge is 0.266 e. The van der Waals surface area contributed by atoms with Gasteiger partial charge in [0.2, 0.25) is 5.91 Å². The highest BCUT2D eigenvalue weighted by Gasteiger charge is 2.27. The molecular weight excluding hydrogens is 176 g/mol. The highest BCUT2D eigenvalue weighted by molar-refractivity contribution is 5.78. The van der Waals surface area contributed by atoms with Gasteiger partial charge in [-0.1, -0.05) is 6.92 Å². The van der Waals surface area contributed by atoms with Crippen LogP contribution in [0.5, 0.6) is 0 Å². The van der Waals surface area contributed by atoms with Crippen LogP contribution in [0.3, 0.4) is 0 Å². The second kappa shape index (κ2) is 4.35. The third kappa shape index (κ3) is 2.79. The Bertz CT molecular complexity index is 224. The van der Waals surface area contributed by atoms with Crippen LogP contribution in [0, 0.1) is 11.8 Å². The highest BCUT2D eigenvalue weighted by atomic mass is 19.3. The number of nitrogens with one attached hydrogen (secondary N) is 1. The van der Waals surface area contributed by atoms with Gasteiger partial charge in [0.05, 0.1) is 0 Å². The van der Waals surface area contributed by atoms with Crippen LogP contribution in [0.15, 0.2) is 12.2 Å². The molecule has 13 heavy (non-hydrogen) atoms. The number of carbonyl (C=O) groups excluding carboxylic acids is 1. The Kier molecular flexibility index (Phi) is 3.39. The first kappa shape index (κ1) is 10.2. The van der Waals surface area contributed by atoms with Gasteiger partial charge in [-0.15, -0.1) is 0 Å². The standard InChI is InChI=1S/C9H13F2NO/c1-2-6(3-8(10)11)7-4-9(13)12-5-7/h3,6-7H,2,4-5H2,1H3,(H,12,13)/t6?,7-/m1/s1. The lowest BCUT2D eigenvalue weighted by molar-refractivity contribution is -0.119. The van der Waals surface area contributed by atoms with Crippen LogP contribution < -0.4 is 5.32 Å². The molecular formula is C9H13F2NO. The van der Waals surface area contributed by atoms with E-state index in [1.807, 2.05) is 6.92 Å². The summed E-state index contributed by atoms with van der Waals surface area (Å²) in [7, 11) is 0. The maximum Gasteiger partial charge on any atom is 0.266 e. The van der Waals surface area contributed by atoms with Crippen LogP contribution in [0.1, 0.15) is 19.8 Å². The lowest BCUT2D eigenvalue weighted by Crippen LogP contribution is -2.17. The van der Waals surface area contributed by atoms with E-state index in [1.165, 1.54) is 0 Å². The first-order valence-electron chi connectivity index (χ1n) is 4.43. The molecule has 0 aromatic rings. The van der Waals surface area contributed by atoms with Gasteiger partial charge in [-0.25, -0.2) is 0 Å². The molecule has 1 fully saturated rings. The minimum atomic E-state index is -1.65. The summed E-state index contributed by atoms with van der Waals surface area (Å²) in [6.07, 6.45) is 0.343. The Balaban J connectivity index is 2.57. The van der Waals surface area contributed by atoms with Crippen molar-refractivity contribution in [3.8, 4) is 0 Å². The zero-order valence-electron chi connectivity index (χ0n) is 7.52. The van der Waals surface area contributed by atoms with Gasteiger partial charge in [0.15, 0.2) is 0 Å². The van der Waals surface area contributed by atoms with Crippen molar-refractivity contribution in [2.45, 2.75) is 19.8 Å². The van der Waals surface area contributed by atoms with Crippen molar-refractivity contribution in [3.63, 3.8) is 0 Å². The van der Waals surface area contributed by atoms with Crippen molar-refractivity contribution in [1.29, 1.82) is 0 Å². The van der Waals surface area contributed by atoms with Crippen molar-refractivity contribution >= 4 is 5.91 Å². The minimum absolute atomic E-state index is 0.0314. The summed E-state index contributed by atoms with van der Waals surface area (Å²) >= 11 is 0. The van der Waals surface area contributed by atoms with Crippen molar-refractivity contribution in [2.24, 2.45) is 11.8 Å². The van der Waals surface area contributed by atoms with Crippen LogP contribution in [-0.4, -0.2) is 12.5 Å². The second-order valence-corrected chi connectivity index (χ2v) is 3.30. The van der Waals surface area contributed by atoms with E-state index in [9.17, 15) is 13.6 Å². The van der Waals surface area contributed by atoms with Gasteiger partial charge in [-0.05, 0) is 24.3 Å². The number of rotatable bonds is 3. The van der Waals surface area contributed by atoms with Gasteiger partial charge in [0.25, 0.3) is 6.08 Å². The third-order valence-corrected chi connectivity index (χ3v) is 2.43. The maximum absolute atomic E-state index is 12.0. The van der Waals surface area contributed by atoms with E-state index in [0.29, 0.717) is 19.4 Å². The summed E-state index contributed by atoms with van der Waals surface area (Å²) in [6, 6.07) is 0. The Morgan fingerprint density at radius 2 is 2.46 bits per heavy atom. The molecule has 2 atom stereocenters. The fourth-order valence-electron chi connectivity index (χ4n) is 1.68. The topological polar surface area (TPSA) is 29.1 Å². The molecule has 1 aliphatic rings. The van der Waals surface area contributed by atoms with Gasteiger partial charge >= 0.3 is 0 Å². The van der Waals surface area contributed by atoms with Crippen molar-refractivity contribution in [2.75, 3.05) is 6.54 Å². The molecule has 1 saturated heterocycles. The molecule has 1 N–H and O–H groups in total. The molecule has 0 spiro atoms. The van der Waals surface area contributed by atoms with Crippen molar-refractivity contribution < 1.29 is 13.6 Å². The molecule has 1 amide bonds. The predicted molar refractivity (Wildman–Crippen MR) is 45.2 cm³/mol. The summed E-state index contributed by atoms with van der Waals surface area (Å²) in [5, 5.41) is 2.64. The van der Waals surface area contributed by atoms with Gasteiger partial charge in [0, 0.05) is 13.0 Å². The van der Waals surface area contributed by atoms with E-state index < -0.39 is 6.08 Å². The lowest BCUT2D eigenvalue weighted by Gasteiger charge is -2.15. The highest BCUT2D eigenvalue weighted by Crippen LogP contribution is 2.25. The van der Waals surface area contributed by atoms with Gasteiger partial charge in [-0.2, -0.15) is 8.78 Å². The first-order valence-corrected chi connectivity index (χ1v) is 4.43. The van der Waals surface area contributed by atoms with Crippen LogP contribution in [0.25, 0.3) is 0 Å². The molecule has 0 saturated carbocycles. The van der Waals surface area contributed by atoms with E-state index in [0.717, 1.165) is 6.08 Å². The molecule has 74 valence electrons. The Morgan fingerprint density at radius 3 is 2.85 bits per heavy atom. The molecule has 0 bridgehead atoms. The SMILES string of the molecule is CCC(C=C(F)F)[C@H]1CNC(=O)C1. The normalized spacial score (nSPS) is 23.9. The summed E-state index contributed by atoms with van der Waals surface area (Å²) < 4.78 is 24.0. The van der Waals surface area contributed by atoms with E-state index in [-0.39, 0.29) is 17.7 Å². The summed E-state index contributed by atoms with van der Waals surface area (Å²) in [5.74, 6) is -0.168. The van der Waals surface area contributed by atoms with Gasteiger partial charge < -0.3 is 5.32 Å². The first-order chi connectivity index (χ1) is 6.13. The van der Waals surface area contributed by atoms with E-state index in [1.54, 1.807) is 0 Å². The van der Waals surface area contributed by atoms with Gasteiger partial charge in [0.1, 0.15) is 0 Å². The summed E-state index contributed by atoms with van der Waals surface area (Å²) in [6.45, 7) is 2.38. The van der Waals surface area contributed by atoms with E-state index in [4.69, 9.17) is 0 Å². The molecule has 1 unspecified atom stereocenters. The molecule has 4 heteroatoms. The number of carbonyl (C=O) groups is 1.